The summed E-state index contributed by atoms with van der Waals surface area (Å²) in [6, 6.07) is 33.0. The minimum atomic E-state index is -0.620. The van der Waals surface area contributed by atoms with Crippen molar-refractivity contribution >= 4 is 11.9 Å². The second kappa shape index (κ2) is 13.9. The van der Waals surface area contributed by atoms with E-state index < -0.39 is 11.7 Å². The molecule has 0 saturated heterocycles. The maximum Gasteiger partial charge on any atom is 0.437 e. The summed E-state index contributed by atoms with van der Waals surface area (Å²) in [5, 5.41) is 7.60. The van der Waals surface area contributed by atoms with Gasteiger partial charge in [0.05, 0.1) is 18.9 Å². The first-order valence-corrected chi connectivity index (χ1v) is 13.8. The lowest BCUT2D eigenvalue weighted by atomic mass is 10.1. The van der Waals surface area contributed by atoms with E-state index in [9.17, 15) is 4.79 Å². The van der Waals surface area contributed by atoms with Crippen LogP contribution in [0.5, 0.6) is 0 Å². The van der Waals surface area contributed by atoms with E-state index in [1.54, 1.807) is 12.3 Å². The molecule has 7 heteroatoms. The number of carbonyl (C=O) groups is 1. The van der Waals surface area contributed by atoms with Gasteiger partial charge in [0.15, 0.2) is 0 Å². The van der Waals surface area contributed by atoms with Gasteiger partial charge in [-0.25, -0.2) is 4.79 Å². The van der Waals surface area contributed by atoms with Crippen LogP contribution in [-0.4, -0.2) is 45.1 Å². The second-order valence-electron chi connectivity index (χ2n) is 10.9. The van der Waals surface area contributed by atoms with Crippen molar-refractivity contribution in [1.82, 2.24) is 14.7 Å². The lowest BCUT2D eigenvalue weighted by Crippen LogP contribution is -2.45. The second-order valence-corrected chi connectivity index (χ2v) is 10.9. The number of nitrogens with zero attached hydrogens (tertiary/aromatic N) is 3. The number of hydrogen-bond donors (Lipinski definition) is 1. The third-order valence-electron chi connectivity index (χ3n) is 6.57. The molecule has 0 amide bonds. The summed E-state index contributed by atoms with van der Waals surface area (Å²) in [6.45, 7) is 10.2. The minimum Gasteiger partial charge on any atom is -0.442 e. The number of rotatable bonds is 12. The summed E-state index contributed by atoms with van der Waals surface area (Å²) in [6.07, 6.45) is 0.867. The zero-order valence-electron chi connectivity index (χ0n) is 23.9. The highest BCUT2D eigenvalue weighted by Gasteiger charge is 2.26. The Labute approximate surface area is 237 Å². The van der Waals surface area contributed by atoms with E-state index in [1.165, 1.54) is 15.8 Å². The molecule has 1 unspecified atom stereocenters. The SMILES string of the molecule is C[C@@H](C(CNc1ccnn1C(=O)OC(C)(C)C)OCc1ccccc1)N(Cc1ccccc1)Cc1ccccc1. The lowest BCUT2D eigenvalue weighted by Gasteiger charge is -2.35. The quantitative estimate of drug-likeness (QED) is 0.214. The molecule has 0 aliphatic carbocycles. The molecular formula is C33H40N4O3. The molecule has 0 radical (unpaired) electrons. The van der Waals surface area contributed by atoms with Crippen molar-refractivity contribution in [1.29, 1.82) is 0 Å². The normalized spacial score (nSPS) is 13.1. The van der Waals surface area contributed by atoms with E-state index >= 15 is 0 Å². The maximum absolute atomic E-state index is 12.7. The summed E-state index contributed by atoms with van der Waals surface area (Å²) in [4.78, 5) is 15.2. The predicted octanol–water partition coefficient (Wildman–Crippen LogP) is 6.75. The van der Waals surface area contributed by atoms with Crippen LogP contribution in [0.4, 0.5) is 10.6 Å². The van der Waals surface area contributed by atoms with Gasteiger partial charge >= 0.3 is 6.09 Å². The monoisotopic (exact) mass is 540 g/mol. The molecule has 0 aliphatic heterocycles. The van der Waals surface area contributed by atoms with E-state index in [0.717, 1.165) is 18.7 Å². The van der Waals surface area contributed by atoms with Gasteiger partial charge in [-0.05, 0) is 44.4 Å². The average Bonchev–Trinajstić information content (AvgIpc) is 3.42. The standard InChI is InChI=1S/C33H40N4O3/c1-26(36(23-27-14-8-5-9-15-27)24-28-16-10-6-11-17-28)30(39-25-29-18-12-7-13-19-29)22-34-31-20-21-35-37(31)32(38)40-33(2,3)4/h5-21,26,30,34H,22-25H2,1-4H3/t26-,30?/m0/s1. The molecule has 4 rings (SSSR count). The first kappa shape index (κ1) is 29.1. The Kier molecular flexibility index (Phi) is 10.1. The number of benzene rings is 3. The molecule has 2 atom stereocenters. The van der Waals surface area contributed by atoms with Crippen LogP contribution in [0, 0.1) is 0 Å². The van der Waals surface area contributed by atoms with Gasteiger partial charge in [-0.1, -0.05) is 91.0 Å². The van der Waals surface area contributed by atoms with Crippen LogP contribution in [0.15, 0.2) is 103 Å². The molecule has 40 heavy (non-hydrogen) atoms. The van der Waals surface area contributed by atoms with Gasteiger partial charge in [0.25, 0.3) is 0 Å². The van der Waals surface area contributed by atoms with Gasteiger partial charge in [-0.3, -0.25) is 4.90 Å². The minimum absolute atomic E-state index is 0.0366. The fourth-order valence-corrected chi connectivity index (χ4v) is 4.45. The van der Waals surface area contributed by atoms with E-state index in [0.29, 0.717) is 19.0 Å². The number of hydrogen-bond acceptors (Lipinski definition) is 6. The Morgan fingerprint density at radius 2 is 1.38 bits per heavy atom. The zero-order valence-corrected chi connectivity index (χ0v) is 23.9. The first-order chi connectivity index (χ1) is 19.3. The molecule has 0 aliphatic rings. The van der Waals surface area contributed by atoms with E-state index in [1.807, 2.05) is 51.1 Å². The van der Waals surface area contributed by atoms with Gasteiger partial charge in [0.2, 0.25) is 0 Å². The van der Waals surface area contributed by atoms with Crippen LogP contribution in [0.3, 0.4) is 0 Å². The summed E-state index contributed by atoms with van der Waals surface area (Å²) in [7, 11) is 0. The van der Waals surface area contributed by atoms with Crippen molar-refractivity contribution < 1.29 is 14.3 Å². The van der Waals surface area contributed by atoms with E-state index in [4.69, 9.17) is 9.47 Å². The van der Waals surface area contributed by atoms with Crippen molar-refractivity contribution in [3.8, 4) is 0 Å². The van der Waals surface area contributed by atoms with Crippen molar-refractivity contribution in [3.63, 3.8) is 0 Å². The highest BCUT2D eigenvalue weighted by atomic mass is 16.6. The molecule has 210 valence electrons. The third kappa shape index (κ3) is 8.79. The van der Waals surface area contributed by atoms with Crippen LogP contribution in [0.25, 0.3) is 0 Å². The molecule has 0 bridgehead atoms. The summed E-state index contributed by atoms with van der Waals surface area (Å²) >= 11 is 0. The summed E-state index contributed by atoms with van der Waals surface area (Å²) < 4.78 is 13.4. The fraction of sp³-hybridized carbons (Fsp3) is 0.333. The molecule has 1 aromatic heterocycles. The van der Waals surface area contributed by atoms with Crippen molar-refractivity contribution in [3.05, 3.63) is 120 Å². The predicted molar refractivity (Wildman–Crippen MR) is 159 cm³/mol. The van der Waals surface area contributed by atoms with Crippen LogP contribution >= 0.6 is 0 Å². The Morgan fingerprint density at radius 1 is 0.850 bits per heavy atom. The summed E-state index contributed by atoms with van der Waals surface area (Å²) in [5.74, 6) is 0.562. The molecule has 0 saturated carbocycles. The molecule has 0 fully saturated rings. The molecule has 1 heterocycles. The van der Waals surface area contributed by atoms with Gasteiger partial charge in [0, 0.05) is 31.7 Å². The van der Waals surface area contributed by atoms with Gasteiger partial charge < -0.3 is 14.8 Å². The van der Waals surface area contributed by atoms with Gasteiger partial charge in [-0.2, -0.15) is 5.10 Å². The number of anilines is 1. The number of nitrogens with one attached hydrogen (secondary N) is 1. The van der Waals surface area contributed by atoms with Crippen LogP contribution < -0.4 is 5.32 Å². The van der Waals surface area contributed by atoms with Crippen molar-refractivity contribution in [2.75, 3.05) is 11.9 Å². The van der Waals surface area contributed by atoms with Crippen molar-refractivity contribution in [2.45, 2.75) is 65.1 Å². The van der Waals surface area contributed by atoms with Crippen molar-refractivity contribution in [2.24, 2.45) is 0 Å². The Hall–Kier alpha value is -3.94. The summed E-state index contributed by atoms with van der Waals surface area (Å²) in [5.41, 5.74) is 2.97. The van der Waals surface area contributed by atoms with E-state index in [-0.39, 0.29) is 12.1 Å². The molecule has 1 N–H and O–H groups in total. The first-order valence-electron chi connectivity index (χ1n) is 13.8. The average molecular weight is 541 g/mol. The smallest absolute Gasteiger partial charge is 0.437 e. The Morgan fingerprint density at radius 3 is 1.90 bits per heavy atom. The topological polar surface area (TPSA) is 68.6 Å². The Bertz CT molecular complexity index is 1260. The number of aromatic nitrogens is 2. The zero-order chi connectivity index (χ0) is 28.4. The number of ether oxygens (including phenoxy) is 2. The number of carbonyl (C=O) groups excluding carboxylic acids is 1. The van der Waals surface area contributed by atoms with Crippen LogP contribution in [-0.2, 0) is 29.2 Å². The highest BCUT2D eigenvalue weighted by molar-refractivity contribution is 5.74. The molecule has 3 aromatic carbocycles. The lowest BCUT2D eigenvalue weighted by molar-refractivity contribution is -0.0158. The molecule has 7 nitrogen and oxygen atoms in total. The third-order valence-corrected chi connectivity index (χ3v) is 6.57. The van der Waals surface area contributed by atoms with Crippen LogP contribution in [0.2, 0.25) is 0 Å². The van der Waals surface area contributed by atoms with Gasteiger partial charge in [0.1, 0.15) is 11.4 Å². The van der Waals surface area contributed by atoms with E-state index in [2.05, 4.69) is 82.9 Å². The molecule has 0 spiro atoms. The highest BCUT2D eigenvalue weighted by Crippen LogP contribution is 2.20. The maximum atomic E-state index is 12.7. The Balaban J connectivity index is 1.55. The van der Waals surface area contributed by atoms with Crippen LogP contribution in [0.1, 0.15) is 44.4 Å². The largest absolute Gasteiger partial charge is 0.442 e. The molecule has 4 aromatic rings. The van der Waals surface area contributed by atoms with Gasteiger partial charge in [-0.15, -0.1) is 4.68 Å². The fourth-order valence-electron chi connectivity index (χ4n) is 4.45. The molecular weight excluding hydrogens is 500 g/mol.